The molecule has 0 radical (unpaired) electrons. The Labute approximate surface area is 134 Å². The van der Waals surface area contributed by atoms with E-state index in [4.69, 9.17) is 4.74 Å². The number of hydrogen-bond donors (Lipinski definition) is 1. The van der Waals surface area contributed by atoms with Crippen LogP contribution in [0, 0.1) is 0 Å². The second kappa shape index (κ2) is 6.62. The van der Waals surface area contributed by atoms with Crippen molar-refractivity contribution in [3.8, 4) is 17.0 Å². The summed E-state index contributed by atoms with van der Waals surface area (Å²) in [4.78, 5) is 4.67. The number of anilines is 1. The lowest BCUT2D eigenvalue weighted by Gasteiger charge is -2.12. The van der Waals surface area contributed by atoms with Gasteiger partial charge in [0.25, 0.3) is 0 Å². The minimum atomic E-state index is 0.227. The highest BCUT2D eigenvalue weighted by Gasteiger charge is 2.09. The zero-order valence-corrected chi connectivity index (χ0v) is 13.4. The van der Waals surface area contributed by atoms with Crippen molar-refractivity contribution < 1.29 is 4.74 Å². The number of nitrogens with zero attached hydrogens (tertiary/aromatic N) is 1. The van der Waals surface area contributed by atoms with E-state index < -0.39 is 0 Å². The van der Waals surface area contributed by atoms with E-state index in [1.54, 1.807) is 18.4 Å². The van der Waals surface area contributed by atoms with Crippen LogP contribution in [0.1, 0.15) is 18.5 Å². The summed E-state index contributed by atoms with van der Waals surface area (Å²) in [6, 6.07) is 18.6. The Balaban J connectivity index is 1.76. The molecule has 0 saturated heterocycles. The number of hydrogen-bond acceptors (Lipinski definition) is 4. The van der Waals surface area contributed by atoms with Crippen LogP contribution in [-0.4, -0.2) is 12.1 Å². The van der Waals surface area contributed by atoms with Crippen LogP contribution >= 0.6 is 11.3 Å². The standard InChI is InChI=1S/C18H18N2OS/c1-13(14-7-4-3-5-8-14)19-18-20-17(12-22-18)15-9-6-10-16(11-15)21-2/h3-13H,1-2H3,(H,19,20). The fraction of sp³-hybridized carbons (Fsp3) is 0.167. The fourth-order valence-corrected chi connectivity index (χ4v) is 3.07. The zero-order chi connectivity index (χ0) is 15.4. The predicted molar refractivity (Wildman–Crippen MR) is 92.6 cm³/mol. The van der Waals surface area contributed by atoms with Gasteiger partial charge in [0.1, 0.15) is 5.75 Å². The van der Waals surface area contributed by atoms with Crippen molar-refractivity contribution in [1.82, 2.24) is 4.98 Å². The van der Waals surface area contributed by atoms with Crippen LogP contribution in [0.15, 0.2) is 60.0 Å². The fourth-order valence-electron chi connectivity index (χ4n) is 2.27. The number of rotatable bonds is 5. The summed E-state index contributed by atoms with van der Waals surface area (Å²) in [5.74, 6) is 0.845. The molecule has 0 amide bonds. The van der Waals surface area contributed by atoms with Gasteiger partial charge in [-0.15, -0.1) is 11.3 Å². The van der Waals surface area contributed by atoms with Gasteiger partial charge in [-0.05, 0) is 24.6 Å². The van der Waals surface area contributed by atoms with Gasteiger partial charge >= 0.3 is 0 Å². The van der Waals surface area contributed by atoms with Gasteiger partial charge in [0, 0.05) is 10.9 Å². The topological polar surface area (TPSA) is 34.1 Å². The molecule has 0 fully saturated rings. The van der Waals surface area contributed by atoms with E-state index in [0.717, 1.165) is 22.1 Å². The summed E-state index contributed by atoms with van der Waals surface area (Å²) in [6.07, 6.45) is 0. The number of benzene rings is 2. The van der Waals surface area contributed by atoms with E-state index >= 15 is 0 Å². The monoisotopic (exact) mass is 310 g/mol. The quantitative estimate of drug-likeness (QED) is 0.720. The van der Waals surface area contributed by atoms with Crippen molar-refractivity contribution in [1.29, 1.82) is 0 Å². The first-order valence-corrected chi connectivity index (χ1v) is 8.05. The number of aromatic nitrogens is 1. The van der Waals surface area contributed by atoms with E-state index in [9.17, 15) is 0 Å². The molecule has 1 unspecified atom stereocenters. The van der Waals surface area contributed by atoms with Gasteiger partial charge in [-0.2, -0.15) is 0 Å². The van der Waals surface area contributed by atoms with Crippen LogP contribution in [0.5, 0.6) is 5.75 Å². The SMILES string of the molecule is COc1cccc(-c2csc(NC(C)c3ccccc3)n2)c1. The van der Waals surface area contributed by atoms with Gasteiger partial charge < -0.3 is 10.1 Å². The lowest BCUT2D eigenvalue weighted by Crippen LogP contribution is -2.05. The highest BCUT2D eigenvalue weighted by atomic mass is 32.1. The molecule has 3 rings (SSSR count). The maximum absolute atomic E-state index is 5.27. The third-order valence-corrected chi connectivity index (χ3v) is 4.28. The third-order valence-electron chi connectivity index (χ3n) is 3.51. The second-order valence-electron chi connectivity index (χ2n) is 5.05. The molecule has 2 aromatic carbocycles. The van der Waals surface area contributed by atoms with Crippen molar-refractivity contribution in [3.05, 3.63) is 65.5 Å². The Morgan fingerprint density at radius 1 is 1.09 bits per heavy atom. The summed E-state index contributed by atoms with van der Waals surface area (Å²) in [6.45, 7) is 2.14. The average Bonchev–Trinajstić information content (AvgIpc) is 3.04. The minimum Gasteiger partial charge on any atom is -0.497 e. The average molecular weight is 310 g/mol. The maximum Gasteiger partial charge on any atom is 0.183 e. The van der Waals surface area contributed by atoms with Gasteiger partial charge in [-0.1, -0.05) is 42.5 Å². The van der Waals surface area contributed by atoms with Crippen molar-refractivity contribution in [2.75, 3.05) is 12.4 Å². The molecule has 1 N–H and O–H groups in total. The molecule has 3 nitrogen and oxygen atoms in total. The molecule has 0 spiro atoms. The molecule has 1 aromatic heterocycles. The minimum absolute atomic E-state index is 0.227. The number of ether oxygens (including phenoxy) is 1. The van der Waals surface area contributed by atoms with E-state index in [0.29, 0.717) is 0 Å². The van der Waals surface area contributed by atoms with Gasteiger partial charge in [-0.3, -0.25) is 0 Å². The Morgan fingerprint density at radius 2 is 1.91 bits per heavy atom. The van der Waals surface area contributed by atoms with Crippen LogP contribution in [0.3, 0.4) is 0 Å². The van der Waals surface area contributed by atoms with Gasteiger partial charge in [0.05, 0.1) is 18.8 Å². The lowest BCUT2D eigenvalue weighted by molar-refractivity contribution is 0.415. The summed E-state index contributed by atoms with van der Waals surface area (Å²) in [7, 11) is 1.68. The van der Waals surface area contributed by atoms with Gasteiger partial charge in [0.2, 0.25) is 0 Å². The van der Waals surface area contributed by atoms with Crippen LogP contribution in [0.4, 0.5) is 5.13 Å². The maximum atomic E-state index is 5.27. The number of methoxy groups -OCH3 is 1. The molecule has 0 bridgehead atoms. The van der Waals surface area contributed by atoms with Crippen molar-refractivity contribution in [2.45, 2.75) is 13.0 Å². The van der Waals surface area contributed by atoms with Crippen LogP contribution in [0.2, 0.25) is 0 Å². The Morgan fingerprint density at radius 3 is 2.68 bits per heavy atom. The molecule has 0 aliphatic carbocycles. The smallest absolute Gasteiger partial charge is 0.183 e. The molecular weight excluding hydrogens is 292 g/mol. The second-order valence-corrected chi connectivity index (χ2v) is 5.90. The van der Waals surface area contributed by atoms with E-state index in [2.05, 4.69) is 46.9 Å². The first kappa shape index (κ1) is 14.6. The largest absolute Gasteiger partial charge is 0.497 e. The van der Waals surface area contributed by atoms with Crippen LogP contribution < -0.4 is 10.1 Å². The summed E-state index contributed by atoms with van der Waals surface area (Å²) in [5.41, 5.74) is 3.28. The van der Waals surface area contributed by atoms with E-state index in [1.807, 2.05) is 30.3 Å². The lowest BCUT2D eigenvalue weighted by atomic mass is 10.1. The number of nitrogens with one attached hydrogen (secondary N) is 1. The molecule has 22 heavy (non-hydrogen) atoms. The molecule has 4 heteroatoms. The highest BCUT2D eigenvalue weighted by molar-refractivity contribution is 7.14. The van der Waals surface area contributed by atoms with Crippen LogP contribution in [-0.2, 0) is 0 Å². The third kappa shape index (κ3) is 3.28. The normalized spacial score (nSPS) is 11.9. The summed E-state index contributed by atoms with van der Waals surface area (Å²) in [5, 5.41) is 6.44. The van der Waals surface area contributed by atoms with Gasteiger partial charge in [-0.25, -0.2) is 4.98 Å². The molecule has 0 saturated carbocycles. The Kier molecular flexibility index (Phi) is 4.39. The van der Waals surface area contributed by atoms with Crippen molar-refractivity contribution in [2.24, 2.45) is 0 Å². The highest BCUT2D eigenvalue weighted by Crippen LogP contribution is 2.29. The zero-order valence-electron chi connectivity index (χ0n) is 12.6. The van der Waals surface area contributed by atoms with Gasteiger partial charge in [0.15, 0.2) is 5.13 Å². The molecule has 1 heterocycles. The molecule has 0 aliphatic rings. The Bertz CT molecular complexity index is 740. The molecule has 3 aromatic rings. The number of thiazole rings is 1. The van der Waals surface area contributed by atoms with Crippen LogP contribution in [0.25, 0.3) is 11.3 Å². The summed E-state index contributed by atoms with van der Waals surface area (Å²) >= 11 is 1.62. The molecular formula is C18H18N2OS. The summed E-state index contributed by atoms with van der Waals surface area (Å²) < 4.78 is 5.27. The predicted octanol–water partition coefficient (Wildman–Crippen LogP) is 4.99. The van der Waals surface area contributed by atoms with E-state index in [-0.39, 0.29) is 6.04 Å². The molecule has 1 atom stereocenters. The first-order chi connectivity index (χ1) is 10.8. The molecule has 112 valence electrons. The first-order valence-electron chi connectivity index (χ1n) is 7.17. The Hall–Kier alpha value is -2.33. The van der Waals surface area contributed by atoms with Crippen molar-refractivity contribution in [3.63, 3.8) is 0 Å². The van der Waals surface area contributed by atoms with Crippen molar-refractivity contribution >= 4 is 16.5 Å². The van der Waals surface area contributed by atoms with E-state index in [1.165, 1.54) is 5.56 Å². The molecule has 0 aliphatic heterocycles.